The minimum atomic E-state index is -0.180. The minimum Gasteiger partial charge on any atom is -0.396 e. The van der Waals surface area contributed by atoms with Gasteiger partial charge in [0.15, 0.2) is 0 Å². The predicted octanol–water partition coefficient (Wildman–Crippen LogP) is -0.253. The summed E-state index contributed by atoms with van der Waals surface area (Å²) in [5, 5.41) is 11.7. The molecular formula is C14H23NO5. The Bertz CT molecular complexity index is 324. The lowest BCUT2D eigenvalue weighted by Crippen LogP contribution is -2.27. The summed E-state index contributed by atoms with van der Waals surface area (Å²) in [6.07, 6.45) is 5.72. The zero-order valence-electron chi connectivity index (χ0n) is 11.9. The molecule has 1 amide bonds. The lowest BCUT2D eigenvalue weighted by molar-refractivity contribution is -0.122. The highest BCUT2D eigenvalue weighted by molar-refractivity contribution is 5.80. The van der Waals surface area contributed by atoms with Gasteiger partial charge in [0.1, 0.15) is 12.4 Å². The quantitative estimate of drug-likeness (QED) is 0.381. The number of amides is 1. The highest BCUT2D eigenvalue weighted by atomic mass is 16.5. The van der Waals surface area contributed by atoms with E-state index in [2.05, 4.69) is 11.2 Å². The van der Waals surface area contributed by atoms with Gasteiger partial charge in [0.25, 0.3) is 0 Å². The van der Waals surface area contributed by atoms with Gasteiger partial charge < -0.3 is 19.9 Å². The predicted molar refractivity (Wildman–Crippen MR) is 74.0 cm³/mol. The van der Waals surface area contributed by atoms with Gasteiger partial charge in [-0.25, -0.2) is 0 Å². The normalized spacial score (nSPS) is 11.7. The second kappa shape index (κ2) is 12.6. The summed E-state index contributed by atoms with van der Waals surface area (Å²) in [4.78, 5) is 23.0. The van der Waals surface area contributed by atoms with Crippen molar-refractivity contribution in [2.24, 2.45) is 5.92 Å². The molecule has 0 aromatic heterocycles. The second-order valence-electron chi connectivity index (χ2n) is 4.35. The number of carbonyl (C=O) groups is 2. The largest absolute Gasteiger partial charge is 0.396 e. The van der Waals surface area contributed by atoms with Gasteiger partial charge in [-0.1, -0.05) is 5.92 Å². The zero-order valence-corrected chi connectivity index (χ0v) is 11.9. The molecule has 0 rings (SSSR count). The first-order valence-electron chi connectivity index (χ1n) is 6.53. The number of hydrogen-bond acceptors (Lipinski definition) is 5. The number of aliphatic hydroxyl groups excluding tert-OH is 1. The maximum absolute atomic E-state index is 11.6. The third-order valence-electron chi connectivity index (χ3n) is 2.56. The van der Waals surface area contributed by atoms with Crippen molar-refractivity contribution in [2.75, 3.05) is 40.1 Å². The number of methoxy groups -OCH3 is 1. The van der Waals surface area contributed by atoms with Crippen LogP contribution in [0.5, 0.6) is 0 Å². The van der Waals surface area contributed by atoms with Crippen LogP contribution >= 0.6 is 0 Å². The molecule has 0 aliphatic rings. The molecule has 0 fully saturated rings. The standard InChI is InChI=1S/C14H23NO5/c1-3-7-20-8-5-14(18)15-6-4-13(17)9-12(10-16)11-19-2/h1,12,16H,4-11H2,2H3,(H,15,18). The summed E-state index contributed by atoms with van der Waals surface area (Å²) < 4.78 is 9.86. The molecular weight excluding hydrogens is 262 g/mol. The molecule has 20 heavy (non-hydrogen) atoms. The molecule has 6 nitrogen and oxygen atoms in total. The summed E-state index contributed by atoms with van der Waals surface area (Å²) >= 11 is 0. The van der Waals surface area contributed by atoms with Crippen LogP contribution in [0.3, 0.4) is 0 Å². The number of terminal acetylenes is 1. The maximum Gasteiger partial charge on any atom is 0.222 e. The molecule has 6 heteroatoms. The van der Waals surface area contributed by atoms with Gasteiger partial charge in [-0.05, 0) is 0 Å². The molecule has 0 bridgehead atoms. The van der Waals surface area contributed by atoms with Crippen LogP contribution in [-0.2, 0) is 19.1 Å². The Labute approximate surface area is 119 Å². The molecule has 0 aromatic rings. The first kappa shape index (κ1) is 18.6. The fourth-order valence-corrected chi connectivity index (χ4v) is 1.56. The van der Waals surface area contributed by atoms with E-state index in [0.717, 1.165) is 0 Å². The topological polar surface area (TPSA) is 84.9 Å². The average molecular weight is 285 g/mol. The number of nitrogens with one attached hydrogen (secondary N) is 1. The van der Waals surface area contributed by atoms with Crippen LogP contribution in [0, 0.1) is 18.3 Å². The van der Waals surface area contributed by atoms with Gasteiger partial charge in [0.05, 0.1) is 19.6 Å². The summed E-state index contributed by atoms with van der Waals surface area (Å²) in [7, 11) is 1.52. The van der Waals surface area contributed by atoms with Crippen molar-refractivity contribution in [1.82, 2.24) is 5.32 Å². The van der Waals surface area contributed by atoms with E-state index in [9.17, 15) is 9.59 Å². The number of carbonyl (C=O) groups excluding carboxylic acids is 2. The minimum absolute atomic E-state index is 0.00928. The maximum atomic E-state index is 11.6. The number of rotatable bonds is 12. The molecule has 0 radical (unpaired) electrons. The lowest BCUT2D eigenvalue weighted by atomic mass is 10.0. The van der Waals surface area contributed by atoms with Crippen molar-refractivity contribution in [3.63, 3.8) is 0 Å². The smallest absolute Gasteiger partial charge is 0.222 e. The number of aliphatic hydroxyl groups is 1. The summed E-state index contributed by atoms with van der Waals surface area (Å²) in [6.45, 7) is 1.01. The Morgan fingerprint density at radius 2 is 2.15 bits per heavy atom. The summed E-state index contributed by atoms with van der Waals surface area (Å²) in [5.41, 5.74) is 0. The van der Waals surface area contributed by atoms with Gasteiger partial charge in [-0.2, -0.15) is 0 Å². The van der Waals surface area contributed by atoms with Crippen LogP contribution in [0.4, 0.5) is 0 Å². The van der Waals surface area contributed by atoms with Crippen molar-refractivity contribution < 1.29 is 24.2 Å². The van der Waals surface area contributed by atoms with Gasteiger partial charge in [-0.3, -0.25) is 9.59 Å². The van der Waals surface area contributed by atoms with Crippen molar-refractivity contribution in [3.05, 3.63) is 0 Å². The van der Waals surface area contributed by atoms with E-state index in [1.807, 2.05) is 0 Å². The first-order valence-corrected chi connectivity index (χ1v) is 6.53. The van der Waals surface area contributed by atoms with Crippen molar-refractivity contribution in [1.29, 1.82) is 0 Å². The van der Waals surface area contributed by atoms with Crippen molar-refractivity contribution in [2.45, 2.75) is 19.3 Å². The zero-order chi connectivity index (χ0) is 15.2. The van der Waals surface area contributed by atoms with E-state index >= 15 is 0 Å². The van der Waals surface area contributed by atoms with E-state index < -0.39 is 0 Å². The number of ether oxygens (including phenoxy) is 2. The third-order valence-corrected chi connectivity index (χ3v) is 2.56. The van der Waals surface area contributed by atoms with Crippen molar-refractivity contribution >= 4 is 11.7 Å². The molecule has 1 unspecified atom stereocenters. The number of ketones is 1. The van der Waals surface area contributed by atoms with E-state index in [0.29, 0.717) is 6.61 Å². The molecule has 0 aromatic carbocycles. The average Bonchev–Trinajstić information content (AvgIpc) is 2.43. The molecule has 0 saturated heterocycles. The third kappa shape index (κ3) is 10.5. The highest BCUT2D eigenvalue weighted by Gasteiger charge is 2.13. The highest BCUT2D eigenvalue weighted by Crippen LogP contribution is 2.05. The van der Waals surface area contributed by atoms with Gasteiger partial charge >= 0.3 is 0 Å². The SMILES string of the molecule is C#CCOCCC(=O)NCCC(=O)CC(CO)COC. The van der Waals surface area contributed by atoms with Crippen LogP contribution in [0.2, 0.25) is 0 Å². The van der Waals surface area contributed by atoms with Gasteiger partial charge in [0, 0.05) is 39.0 Å². The number of hydrogen-bond donors (Lipinski definition) is 2. The fourth-order valence-electron chi connectivity index (χ4n) is 1.56. The summed E-state index contributed by atoms with van der Waals surface area (Å²) in [6, 6.07) is 0. The molecule has 0 aliphatic heterocycles. The summed E-state index contributed by atoms with van der Waals surface area (Å²) in [5.74, 6) is 1.94. The van der Waals surface area contributed by atoms with Crippen LogP contribution in [0.25, 0.3) is 0 Å². The van der Waals surface area contributed by atoms with E-state index in [1.54, 1.807) is 0 Å². The fraction of sp³-hybridized carbons (Fsp3) is 0.714. The van der Waals surface area contributed by atoms with Crippen LogP contribution < -0.4 is 5.32 Å². The molecule has 0 aliphatic carbocycles. The molecule has 0 saturated carbocycles. The van der Waals surface area contributed by atoms with Crippen molar-refractivity contribution in [3.8, 4) is 12.3 Å². The molecule has 114 valence electrons. The van der Waals surface area contributed by atoms with Crippen LogP contribution in [0.1, 0.15) is 19.3 Å². The lowest BCUT2D eigenvalue weighted by Gasteiger charge is -2.12. The van der Waals surface area contributed by atoms with E-state index in [4.69, 9.17) is 21.0 Å². The molecule has 0 spiro atoms. The van der Waals surface area contributed by atoms with Crippen LogP contribution in [0.15, 0.2) is 0 Å². The Morgan fingerprint density at radius 3 is 2.75 bits per heavy atom. The monoisotopic (exact) mass is 285 g/mol. The Kier molecular flexibility index (Phi) is 11.7. The van der Waals surface area contributed by atoms with Gasteiger partial charge in [-0.15, -0.1) is 6.42 Å². The molecule has 1 atom stereocenters. The van der Waals surface area contributed by atoms with Crippen LogP contribution in [-0.4, -0.2) is 56.9 Å². The van der Waals surface area contributed by atoms with E-state index in [1.165, 1.54) is 7.11 Å². The van der Waals surface area contributed by atoms with Gasteiger partial charge in [0.2, 0.25) is 5.91 Å². The molecule has 0 heterocycles. The molecule has 2 N–H and O–H groups in total. The second-order valence-corrected chi connectivity index (χ2v) is 4.35. The first-order chi connectivity index (χ1) is 9.63. The Hall–Kier alpha value is -1.42. The number of Topliss-reactive ketones (excluding diaryl/α,β-unsaturated/α-hetero) is 1. The Morgan fingerprint density at radius 1 is 1.40 bits per heavy atom. The Balaban J connectivity index is 3.64. The van der Waals surface area contributed by atoms with E-state index in [-0.39, 0.29) is 63.2 Å².